The summed E-state index contributed by atoms with van der Waals surface area (Å²) in [4.78, 5) is 0. The van der Waals surface area contributed by atoms with Crippen molar-refractivity contribution in [2.45, 2.75) is 12.5 Å². The van der Waals surface area contributed by atoms with Crippen molar-refractivity contribution >= 4 is 11.6 Å². The van der Waals surface area contributed by atoms with E-state index in [-0.39, 0.29) is 16.9 Å². The third-order valence-electron chi connectivity index (χ3n) is 2.81. The number of aromatic nitrogens is 2. The van der Waals surface area contributed by atoms with Crippen molar-refractivity contribution in [3.05, 3.63) is 58.6 Å². The molecule has 3 nitrogen and oxygen atoms in total. The van der Waals surface area contributed by atoms with Crippen molar-refractivity contribution in [1.29, 1.82) is 0 Å². The van der Waals surface area contributed by atoms with Gasteiger partial charge in [-0.05, 0) is 36.7 Å². The minimum Gasteiger partial charge on any atom is -0.313 e. The van der Waals surface area contributed by atoms with Crippen LogP contribution < -0.4 is 5.32 Å². The Labute approximate surface area is 110 Å². The summed E-state index contributed by atoms with van der Waals surface area (Å²) in [5.74, 6) is -0.360. The monoisotopic (exact) mass is 265 g/mol. The van der Waals surface area contributed by atoms with Gasteiger partial charge in [0, 0.05) is 12.2 Å². The molecule has 0 saturated carbocycles. The molecule has 0 spiro atoms. The average molecular weight is 266 g/mol. The van der Waals surface area contributed by atoms with Crippen LogP contribution in [0.2, 0.25) is 5.02 Å². The van der Waals surface area contributed by atoms with E-state index in [1.165, 1.54) is 0 Å². The molecular formula is C13H13ClFN3. The summed E-state index contributed by atoms with van der Waals surface area (Å²) >= 11 is 5.77. The van der Waals surface area contributed by atoms with Gasteiger partial charge in [-0.1, -0.05) is 23.7 Å². The fraction of sp³-hybridized carbons (Fsp3) is 0.231. The number of hydrogen-bond donors (Lipinski definition) is 1. The SMILES string of the molecule is CNC(Cc1cccc(Cl)c1F)c1ccnnc1. The van der Waals surface area contributed by atoms with Crippen LogP contribution in [0, 0.1) is 5.82 Å². The third kappa shape index (κ3) is 2.83. The molecule has 0 bridgehead atoms. The fourth-order valence-corrected chi connectivity index (χ4v) is 2.01. The van der Waals surface area contributed by atoms with Crippen LogP contribution in [0.25, 0.3) is 0 Å². The zero-order chi connectivity index (χ0) is 13.0. The van der Waals surface area contributed by atoms with Gasteiger partial charge < -0.3 is 5.32 Å². The highest BCUT2D eigenvalue weighted by Gasteiger charge is 2.14. The lowest BCUT2D eigenvalue weighted by Crippen LogP contribution is -2.19. The maximum atomic E-state index is 13.8. The predicted molar refractivity (Wildman–Crippen MR) is 68.9 cm³/mol. The van der Waals surface area contributed by atoms with Gasteiger partial charge in [0.15, 0.2) is 0 Å². The Kier molecular flexibility index (Phi) is 4.23. The standard InChI is InChI=1S/C13H13ClFN3/c1-16-12(10-5-6-17-18-8-10)7-9-3-2-4-11(14)13(9)15/h2-6,8,12,16H,7H2,1H3. The Balaban J connectivity index is 2.24. The van der Waals surface area contributed by atoms with Crippen molar-refractivity contribution in [2.24, 2.45) is 0 Å². The summed E-state index contributed by atoms with van der Waals surface area (Å²) in [5.41, 5.74) is 1.55. The number of nitrogens with zero attached hydrogens (tertiary/aromatic N) is 2. The molecule has 0 aliphatic rings. The molecule has 0 aliphatic heterocycles. The molecule has 1 N–H and O–H groups in total. The number of nitrogens with one attached hydrogen (secondary N) is 1. The van der Waals surface area contributed by atoms with Crippen LogP contribution in [-0.4, -0.2) is 17.2 Å². The van der Waals surface area contributed by atoms with E-state index in [0.29, 0.717) is 12.0 Å². The smallest absolute Gasteiger partial charge is 0.145 e. The first-order valence-corrected chi connectivity index (χ1v) is 5.97. The summed E-state index contributed by atoms with van der Waals surface area (Å²) in [7, 11) is 1.83. The molecule has 0 radical (unpaired) electrons. The maximum absolute atomic E-state index is 13.8. The summed E-state index contributed by atoms with van der Waals surface area (Å²) in [6.07, 6.45) is 3.80. The van der Waals surface area contributed by atoms with Gasteiger partial charge in [0.1, 0.15) is 5.82 Å². The summed E-state index contributed by atoms with van der Waals surface area (Å²) < 4.78 is 13.8. The molecule has 0 fully saturated rings. The molecule has 1 heterocycles. The second kappa shape index (κ2) is 5.89. The molecule has 2 aromatic rings. The number of hydrogen-bond acceptors (Lipinski definition) is 3. The number of halogens is 2. The Bertz CT molecular complexity index is 519. The van der Waals surface area contributed by atoms with Gasteiger partial charge >= 0.3 is 0 Å². The van der Waals surface area contributed by atoms with E-state index in [9.17, 15) is 4.39 Å². The molecule has 18 heavy (non-hydrogen) atoms. The topological polar surface area (TPSA) is 37.8 Å². The second-order valence-electron chi connectivity index (χ2n) is 3.93. The average Bonchev–Trinajstić information content (AvgIpc) is 2.41. The van der Waals surface area contributed by atoms with E-state index in [2.05, 4.69) is 15.5 Å². The van der Waals surface area contributed by atoms with Crippen LogP contribution >= 0.6 is 11.6 Å². The predicted octanol–water partition coefficient (Wildman–Crippen LogP) is 2.77. The first kappa shape index (κ1) is 12.9. The van der Waals surface area contributed by atoms with Gasteiger partial charge in [-0.2, -0.15) is 10.2 Å². The van der Waals surface area contributed by atoms with Gasteiger partial charge in [-0.3, -0.25) is 0 Å². The van der Waals surface area contributed by atoms with E-state index in [1.807, 2.05) is 13.1 Å². The summed E-state index contributed by atoms with van der Waals surface area (Å²) in [5, 5.41) is 10.8. The van der Waals surface area contributed by atoms with Crippen molar-refractivity contribution in [2.75, 3.05) is 7.05 Å². The Morgan fingerprint density at radius 1 is 1.33 bits per heavy atom. The molecule has 0 aliphatic carbocycles. The van der Waals surface area contributed by atoms with Crippen molar-refractivity contribution in [3.8, 4) is 0 Å². The molecular weight excluding hydrogens is 253 g/mol. The van der Waals surface area contributed by atoms with Crippen LogP contribution in [0.4, 0.5) is 4.39 Å². The minimum atomic E-state index is -0.360. The molecule has 1 unspecified atom stereocenters. The third-order valence-corrected chi connectivity index (χ3v) is 3.11. The normalized spacial score (nSPS) is 12.4. The lowest BCUT2D eigenvalue weighted by Gasteiger charge is -2.16. The molecule has 1 aromatic heterocycles. The van der Waals surface area contributed by atoms with Crippen LogP contribution in [0.5, 0.6) is 0 Å². The van der Waals surface area contributed by atoms with E-state index >= 15 is 0 Å². The Morgan fingerprint density at radius 2 is 2.17 bits per heavy atom. The highest BCUT2D eigenvalue weighted by Crippen LogP contribution is 2.23. The van der Waals surface area contributed by atoms with Gasteiger partial charge in [0.05, 0.1) is 11.2 Å². The number of rotatable bonds is 4. The van der Waals surface area contributed by atoms with E-state index in [0.717, 1.165) is 5.56 Å². The van der Waals surface area contributed by atoms with Gasteiger partial charge in [0.25, 0.3) is 0 Å². The van der Waals surface area contributed by atoms with Crippen LogP contribution in [0.3, 0.4) is 0 Å². The number of benzene rings is 1. The van der Waals surface area contributed by atoms with Crippen LogP contribution in [0.1, 0.15) is 17.2 Å². The molecule has 94 valence electrons. The van der Waals surface area contributed by atoms with E-state index in [1.54, 1.807) is 30.6 Å². The summed E-state index contributed by atoms with van der Waals surface area (Å²) in [6, 6.07) is 6.87. The van der Waals surface area contributed by atoms with Crippen molar-refractivity contribution < 1.29 is 4.39 Å². The minimum absolute atomic E-state index is 0.0199. The van der Waals surface area contributed by atoms with Crippen LogP contribution in [0.15, 0.2) is 36.7 Å². The highest BCUT2D eigenvalue weighted by atomic mass is 35.5. The molecule has 1 atom stereocenters. The number of likely N-dealkylation sites (N-methyl/N-ethyl adjacent to an activating group) is 1. The zero-order valence-corrected chi connectivity index (χ0v) is 10.7. The first-order chi connectivity index (χ1) is 8.72. The van der Waals surface area contributed by atoms with E-state index < -0.39 is 0 Å². The Morgan fingerprint density at radius 3 is 2.83 bits per heavy atom. The van der Waals surface area contributed by atoms with Crippen LogP contribution in [-0.2, 0) is 6.42 Å². The van der Waals surface area contributed by atoms with Crippen molar-refractivity contribution in [1.82, 2.24) is 15.5 Å². The Hall–Kier alpha value is -1.52. The van der Waals surface area contributed by atoms with Gasteiger partial charge in [0.2, 0.25) is 0 Å². The van der Waals surface area contributed by atoms with Crippen molar-refractivity contribution in [3.63, 3.8) is 0 Å². The lowest BCUT2D eigenvalue weighted by atomic mass is 10.0. The highest BCUT2D eigenvalue weighted by molar-refractivity contribution is 6.30. The van der Waals surface area contributed by atoms with Gasteiger partial charge in [-0.15, -0.1) is 0 Å². The molecule has 1 aromatic carbocycles. The largest absolute Gasteiger partial charge is 0.313 e. The molecule has 2 rings (SSSR count). The molecule has 0 saturated heterocycles. The quantitative estimate of drug-likeness (QED) is 0.924. The zero-order valence-electron chi connectivity index (χ0n) is 9.90. The molecule has 0 amide bonds. The summed E-state index contributed by atoms with van der Waals surface area (Å²) in [6.45, 7) is 0. The fourth-order valence-electron chi connectivity index (χ4n) is 1.82. The lowest BCUT2D eigenvalue weighted by molar-refractivity contribution is 0.552. The van der Waals surface area contributed by atoms with Gasteiger partial charge in [-0.25, -0.2) is 4.39 Å². The first-order valence-electron chi connectivity index (χ1n) is 5.59. The van der Waals surface area contributed by atoms with E-state index in [4.69, 9.17) is 11.6 Å². The molecule has 5 heteroatoms. The second-order valence-corrected chi connectivity index (χ2v) is 4.34. The maximum Gasteiger partial charge on any atom is 0.145 e.